The fourth-order valence-electron chi connectivity index (χ4n) is 3.20. The topological polar surface area (TPSA) is 44.7 Å². The van der Waals surface area contributed by atoms with Crippen molar-refractivity contribution < 1.29 is 39.9 Å². The molecule has 1 aliphatic rings. The predicted molar refractivity (Wildman–Crippen MR) is 93.0 cm³/mol. The number of rotatable bonds is 2. The molecule has 166 valence electrons. The first-order valence-electron chi connectivity index (χ1n) is 8.56. The van der Waals surface area contributed by atoms with Crippen LogP contribution in [0.15, 0.2) is 53.5 Å². The molecule has 1 aliphatic heterocycles. The highest BCUT2D eigenvalue weighted by Crippen LogP contribution is 2.50. The molecule has 0 spiro atoms. The quantitative estimate of drug-likeness (QED) is 0.679. The van der Waals surface area contributed by atoms with Gasteiger partial charge in [0.1, 0.15) is 23.6 Å². The summed E-state index contributed by atoms with van der Waals surface area (Å²) in [4.78, 5) is 16.0. The second kappa shape index (κ2) is 7.59. The molecule has 1 amide bonds. The second-order valence-corrected chi connectivity index (χ2v) is 6.70. The van der Waals surface area contributed by atoms with Gasteiger partial charge >= 0.3 is 12.4 Å². The van der Waals surface area contributed by atoms with Crippen LogP contribution in [0.2, 0.25) is 0 Å². The van der Waals surface area contributed by atoms with Crippen molar-refractivity contribution in [2.75, 3.05) is 7.05 Å². The number of aliphatic imine (C=N–C) groups is 1. The zero-order valence-electron chi connectivity index (χ0n) is 15.5. The first-order chi connectivity index (χ1) is 14.3. The van der Waals surface area contributed by atoms with Crippen molar-refractivity contribution in [3.8, 4) is 0 Å². The molecule has 2 aromatic carbocycles. The molecular weight excluding hydrogens is 438 g/mol. The highest BCUT2D eigenvalue weighted by molar-refractivity contribution is 6.07. The van der Waals surface area contributed by atoms with Crippen LogP contribution in [0.25, 0.3) is 0 Å². The van der Waals surface area contributed by atoms with Crippen LogP contribution >= 0.6 is 0 Å². The summed E-state index contributed by atoms with van der Waals surface area (Å²) in [6.45, 7) is 0. The first kappa shape index (κ1) is 22.7. The molecule has 0 aliphatic carbocycles. The van der Waals surface area contributed by atoms with Crippen molar-refractivity contribution in [3.63, 3.8) is 0 Å². The van der Waals surface area contributed by atoms with E-state index in [2.05, 4.69) is 4.99 Å². The number of amidine groups is 1. The summed E-state index contributed by atoms with van der Waals surface area (Å²) in [5.41, 5.74) is -5.21. The molecule has 1 fully saturated rings. The van der Waals surface area contributed by atoms with Crippen LogP contribution in [-0.4, -0.2) is 41.6 Å². The van der Waals surface area contributed by atoms with E-state index in [4.69, 9.17) is 0 Å². The third-order valence-corrected chi connectivity index (χ3v) is 4.74. The predicted octanol–water partition coefficient (Wildman–Crippen LogP) is 4.60. The number of carbonyl (C=O) groups is 1. The molecule has 1 unspecified atom stereocenters. The normalized spacial score (nSPS) is 20.4. The minimum atomic E-state index is -5.95. The van der Waals surface area contributed by atoms with E-state index in [0.717, 1.165) is 55.6 Å². The fourth-order valence-corrected chi connectivity index (χ4v) is 3.20. The van der Waals surface area contributed by atoms with Gasteiger partial charge in [-0.2, -0.15) is 31.3 Å². The molecule has 0 aromatic heterocycles. The molecule has 2 aromatic rings. The van der Waals surface area contributed by atoms with Gasteiger partial charge in [0.05, 0.1) is 0 Å². The van der Waals surface area contributed by atoms with Gasteiger partial charge in [-0.3, -0.25) is 10.1 Å². The summed E-state index contributed by atoms with van der Waals surface area (Å²) < 4.78 is 110. The highest BCUT2D eigenvalue weighted by atomic mass is 19.4. The van der Waals surface area contributed by atoms with Crippen molar-refractivity contribution in [1.29, 1.82) is 0 Å². The zero-order valence-corrected chi connectivity index (χ0v) is 15.5. The summed E-state index contributed by atoms with van der Waals surface area (Å²) in [5.74, 6) is -4.58. The van der Waals surface area contributed by atoms with Gasteiger partial charge in [-0.15, -0.1) is 0 Å². The Balaban J connectivity index is 2.18. The van der Waals surface area contributed by atoms with Crippen molar-refractivity contribution in [2.45, 2.75) is 24.1 Å². The molecule has 1 saturated heterocycles. The van der Waals surface area contributed by atoms with Gasteiger partial charge in [0.25, 0.3) is 11.4 Å². The molecule has 12 heteroatoms. The van der Waals surface area contributed by atoms with Crippen LogP contribution in [0, 0.1) is 11.6 Å². The Labute approximate surface area is 170 Å². The lowest BCUT2D eigenvalue weighted by molar-refractivity contribution is -0.280. The first-order valence-corrected chi connectivity index (χ1v) is 8.56. The number of likely N-dealkylation sites (N-methyl/N-ethyl adjacent to an activating group) is 1. The smallest absolute Gasteiger partial charge is 0.341 e. The van der Waals surface area contributed by atoms with Crippen LogP contribution in [0.5, 0.6) is 0 Å². The molecule has 3 rings (SSSR count). The lowest BCUT2D eigenvalue weighted by atomic mass is 9.97. The number of alkyl halides is 6. The van der Waals surface area contributed by atoms with Crippen molar-refractivity contribution in [1.82, 2.24) is 10.2 Å². The molecular formula is C19H13F8N3O. The number of halogens is 8. The maximum absolute atomic E-state index is 13.9. The molecule has 1 heterocycles. The largest absolute Gasteiger partial charge is 0.422 e. The summed E-state index contributed by atoms with van der Waals surface area (Å²) in [5, 5.41) is 1.50. The van der Waals surface area contributed by atoms with Crippen LogP contribution in [-0.2, 0) is 0 Å². The number of hydrogen-bond donors (Lipinski definition) is 1. The van der Waals surface area contributed by atoms with E-state index in [1.54, 1.807) is 0 Å². The number of benzene rings is 2. The van der Waals surface area contributed by atoms with E-state index in [1.165, 1.54) is 5.32 Å². The third-order valence-electron chi connectivity index (χ3n) is 4.74. The van der Waals surface area contributed by atoms with E-state index in [1.807, 2.05) is 0 Å². The average Bonchev–Trinajstić information content (AvgIpc) is 2.96. The van der Waals surface area contributed by atoms with Crippen molar-refractivity contribution >= 4 is 11.7 Å². The van der Waals surface area contributed by atoms with Gasteiger partial charge in [0.2, 0.25) is 0 Å². The Hall–Kier alpha value is -3.02. The maximum Gasteiger partial charge on any atom is 0.422 e. The number of nitrogens with one attached hydrogen (secondary N) is 1. The summed E-state index contributed by atoms with van der Waals surface area (Å²) in [6.07, 6.45) is -13.6. The zero-order chi connectivity index (χ0) is 23.2. The van der Waals surface area contributed by atoms with Crippen molar-refractivity contribution in [3.05, 3.63) is 71.3 Å². The number of nitrogens with zero attached hydrogens (tertiary/aromatic N) is 2. The monoisotopic (exact) mass is 451 g/mol. The van der Waals surface area contributed by atoms with Crippen LogP contribution in [0.1, 0.15) is 22.1 Å². The van der Waals surface area contributed by atoms with Gasteiger partial charge in [0.15, 0.2) is 0 Å². The highest BCUT2D eigenvalue weighted by Gasteiger charge is 2.78. The maximum atomic E-state index is 13.9. The molecule has 1 N–H and O–H groups in total. The lowest BCUT2D eigenvalue weighted by Crippen LogP contribution is -2.68. The van der Waals surface area contributed by atoms with Crippen LogP contribution < -0.4 is 5.32 Å². The van der Waals surface area contributed by atoms with E-state index in [9.17, 15) is 39.9 Å². The minimum Gasteiger partial charge on any atom is -0.341 e. The molecule has 0 saturated carbocycles. The second-order valence-electron chi connectivity index (χ2n) is 6.70. The molecule has 0 radical (unpaired) electrons. The van der Waals surface area contributed by atoms with Crippen molar-refractivity contribution in [2.24, 2.45) is 4.99 Å². The summed E-state index contributed by atoms with van der Waals surface area (Å²) in [7, 11) is 0.886. The third kappa shape index (κ3) is 3.87. The Morgan fingerprint density at radius 1 is 0.903 bits per heavy atom. The number of carbonyl (C=O) groups excluding carboxylic acids is 1. The Kier molecular flexibility index (Phi) is 5.55. The van der Waals surface area contributed by atoms with Gasteiger partial charge in [0, 0.05) is 12.6 Å². The van der Waals surface area contributed by atoms with E-state index >= 15 is 0 Å². The van der Waals surface area contributed by atoms with E-state index in [-0.39, 0.29) is 5.56 Å². The van der Waals surface area contributed by atoms with Gasteiger partial charge in [-0.05, 0) is 42.0 Å². The standard InChI is InChI=1S/C19H13F8N3O/c1-30-14(10-2-6-12(20)7-3-10)29-17(18(22,23)24,19(25,26)27)16(30)28-15(31)11-4-8-13(21)9-5-11/h2-9,14,29H,1H3/b28-16+. The Morgan fingerprint density at radius 2 is 1.35 bits per heavy atom. The van der Waals surface area contributed by atoms with Gasteiger partial charge in [-0.25, -0.2) is 8.78 Å². The molecule has 4 nitrogen and oxygen atoms in total. The average molecular weight is 451 g/mol. The summed E-state index contributed by atoms with van der Waals surface area (Å²) >= 11 is 0. The van der Waals surface area contributed by atoms with E-state index in [0.29, 0.717) is 4.90 Å². The molecule has 1 atom stereocenters. The number of hydrogen-bond acceptors (Lipinski definition) is 2. The molecule has 0 bridgehead atoms. The fraction of sp³-hybridized carbons (Fsp3) is 0.263. The number of amides is 1. The van der Waals surface area contributed by atoms with Crippen LogP contribution in [0.4, 0.5) is 35.1 Å². The summed E-state index contributed by atoms with van der Waals surface area (Å²) in [6, 6.07) is 7.13. The van der Waals surface area contributed by atoms with E-state index < -0.39 is 53.0 Å². The lowest BCUT2D eigenvalue weighted by Gasteiger charge is -2.33. The van der Waals surface area contributed by atoms with Gasteiger partial charge in [-0.1, -0.05) is 12.1 Å². The minimum absolute atomic E-state index is 0.124. The molecule has 31 heavy (non-hydrogen) atoms. The van der Waals surface area contributed by atoms with Crippen LogP contribution in [0.3, 0.4) is 0 Å². The Morgan fingerprint density at radius 3 is 1.81 bits per heavy atom. The Bertz CT molecular complexity index is 983. The SMILES string of the molecule is CN1/C(=N/C(=O)c2ccc(F)cc2)C(C(F)(F)F)(C(F)(F)F)NC1c1ccc(F)cc1. The van der Waals surface area contributed by atoms with Gasteiger partial charge < -0.3 is 4.90 Å².